The first-order valence-corrected chi connectivity index (χ1v) is 10.1. The Labute approximate surface area is 141 Å². The average molecular weight is 351 g/mol. The monoisotopic (exact) mass is 351 g/mol. The second kappa shape index (κ2) is 6.55. The molecule has 24 heavy (non-hydrogen) atoms. The standard InChI is InChI=1S/C17H22FN3O2S/c1-23-15-5-3-4-13-16(15)20-10-14(18)17(13)21-8-6-12(7-9-21)11-24(2,19)22/h3-5,10,12,19H,6-9,11H2,1-2H3. The van der Waals surface area contributed by atoms with Crippen LogP contribution in [0.5, 0.6) is 5.75 Å². The lowest BCUT2D eigenvalue weighted by atomic mass is 9.98. The third-order valence-corrected chi connectivity index (χ3v) is 5.60. The number of halogens is 1. The van der Waals surface area contributed by atoms with Gasteiger partial charge in [-0.15, -0.1) is 0 Å². The van der Waals surface area contributed by atoms with E-state index in [0.717, 1.165) is 18.2 Å². The summed E-state index contributed by atoms with van der Waals surface area (Å²) in [6, 6.07) is 5.51. The lowest BCUT2D eigenvalue weighted by molar-refractivity contribution is 0.418. The number of nitrogens with one attached hydrogen (secondary N) is 1. The van der Waals surface area contributed by atoms with Gasteiger partial charge in [0.05, 0.1) is 19.0 Å². The number of anilines is 1. The van der Waals surface area contributed by atoms with Crippen molar-refractivity contribution in [3.05, 3.63) is 30.2 Å². The number of methoxy groups -OCH3 is 1. The number of piperidine rings is 1. The van der Waals surface area contributed by atoms with Gasteiger partial charge in [0.2, 0.25) is 0 Å². The Bertz CT molecular complexity index is 846. The Morgan fingerprint density at radius 1 is 1.42 bits per heavy atom. The van der Waals surface area contributed by atoms with Crippen LogP contribution in [-0.2, 0) is 9.73 Å². The van der Waals surface area contributed by atoms with Crippen molar-refractivity contribution in [2.45, 2.75) is 12.8 Å². The second-order valence-corrected chi connectivity index (χ2v) is 8.76. The van der Waals surface area contributed by atoms with Gasteiger partial charge in [0, 0.05) is 40.2 Å². The number of nitrogens with zero attached hydrogens (tertiary/aromatic N) is 2. The minimum Gasteiger partial charge on any atom is -0.494 e. The van der Waals surface area contributed by atoms with Crippen LogP contribution in [0.2, 0.25) is 0 Å². The maximum absolute atomic E-state index is 14.5. The Morgan fingerprint density at radius 3 is 2.75 bits per heavy atom. The van der Waals surface area contributed by atoms with Crippen molar-refractivity contribution in [1.82, 2.24) is 4.98 Å². The molecule has 7 heteroatoms. The molecule has 1 fully saturated rings. The summed E-state index contributed by atoms with van der Waals surface area (Å²) in [5, 5.41) is 0.743. The molecule has 130 valence electrons. The summed E-state index contributed by atoms with van der Waals surface area (Å²) in [5.74, 6) is 0.980. The molecule has 0 radical (unpaired) electrons. The number of benzene rings is 1. The molecule has 0 aliphatic carbocycles. The number of para-hydroxylation sites is 1. The molecule has 3 rings (SSSR count). The summed E-state index contributed by atoms with van der Waals surface area (Å²) in [4.78, 5) is 6.21. The summed E-state index contributed by atoms with van der Waals surface area (Å²) in [6.07, 6.45) is 4.37. The molecule has 0 spiro atoms. The Hall–Kier alpha value is -1.89. The molecule has 1 aliphatic rings. The first-order chi connectivity index (χ1) is 11.4. The van der Waals surface area contributed by atoms with E-state index < -0.39 is 9.73 Å². The zero-order chi connectivity index (χ0) is 17.3. The zero-order valence-corrected chi connectivity index (χ0v) is 14.7. The highest BCUT2D eigenvalue weighted by Gasteiger charge is 2.25. The predicted molar refractivity (Wildman–Crippen MR) is 94.8 cm³/mol. The van der Waals surface area contributed by atoms with Crippen molar-refractivity contribution in [2.24, 2.45) is 5.92 Å². The zero-order valence-electron chi connectivity index (χ0n) is 13.9. The van der Waals surface area contributed by atoms with E-state index in [4.69, 9.17) is 9.52 Å². The number of ether oxygens (including phenoxy) is 1. The number of hydrogen-bond acceptors (Lipinski definition) is 5. The largest absolute Gasteiger partial charge is 0.494 e. The van der Waals surface area contributed by atoms with E-state index in [1.165, 1.54) is 12.5 Å². The summed E-state index contributed by atoms with van der Waals surface area (Å²) < 4.78 is 39.1. The topological polar surface area (TPSA) is 66.3 Å². The van der Waals surface area contributed by atoms with Crippen LogP contribution in [0.25, 0.3) is 10.9 Å². The number of hydrogen-bond donors (Lipinski definition) is 1. The SMILES string of the molecule is COc1cccc2c(N3CCC(CS(C)(=N)=O)CC3)c(F)cnc12. The molecule has 2 heterocycles. The Kier molecular flexibility index (Phi) is 4.62. The van der Waals surface area contributed by atoms with Crippen LogP contribution in [0.1, 0.15) is 12.8 Å². The van der Waals surface area contributed by atoms with Gasteiger partial charge in [-0.25, -0.2) is 9.37 Å². The molecule has 0 saturated carbocycles. The van der Waals surface area contributed by atoms with Gasteiger partial charge >= 0.3 is 0 Å². The van der Waals surface area contributed by atoms with Gasteiger partial charge in [0.15, 0.2) is 5.82 Å². The fourth-order valence-corrected chi connectivity index (χ4v) is 4.65. The normalized spacial score (nSPS) is 18.5. The van der Waals surface area contributed by atoms with Crippen LogP contribution in [0.3, 0.4) is 0 Å². The van der Waals surface area contributed by atoms with Gasteiger partial charge < -0.3 is 9.64 Å². The van der Waals surface area contributed by atoms with Crippen molar-refractivity contribution in [3.63, 3.8) is 0 Å². The molecule has 1 aromatic carbocycles. The van der Waals surface area contributed by atoms with Crippen molar-refractivity contribution < 1.29 is 13.3 Å². The summed E-state index contributed by atoms with van der Waals surface area (Å²) in [6.45, 7) is 1.38. The average Bonchev–Trinajstić information content (AvgIpc) is 2.53. The number of rotatable bonds is 4. The molecular formula is C17H22FN3O2S. The van der Waals surface area contributed by atoms with Crippen molar-refractivity contribution in [1.29, 1.82) is 4.78 Å². The van der Waals surface area contributed by atoms with E-state index in [1.807, 2.05) is 23.1 Å². The first kappa shape index (κ1) is 17.0. The third-order valence-electron chi connectivity index (χ3n) is 4.49. The molecule has 0 bridgehead atoms. The van der Waals surface area contributed by atoms with Crippen molar-refractivity contribution >= 4 is 26.3 Å². The molecule has 5 nitrogen and oxygen atoms in total. The summed E-state index contributed by atoms with van der Waals surface area (Å²) in [5.41, 5.74) is 1.21. The number of aromatic nitrogens is 1. The minimum atomic E-state index is -2.48. The number of fused-ring (bicyclic) bond motifs is 1. The molecule has 1 unspecified atom stereocenters. The molecule has 0 amide bonds. The van der Waals surface area contributed by atoms with Gasteiger partial charge in [-0.3, -0.25) is 8.99 Å². The molecule has 1 aliphatic heterocycles. The fourth-order valence-electron chi connectivity index (χ4n) is 3.42. The number of pyridine rings is 1. The van der Waals surface area contributed by atoms with Gasteiger partial charge in [-0.2, -0.15) is 0 Å². The summed E-state index contributed by atoms with van der Waals surface area (Å²) in [7, 11) is -0.899. The minimum absolute atomic E-state index is 0.266. The van der Waals surface area contributed by atoms with Gasteiger partial charge in [-0.1, -0.05) is 12.1 Å². The van der Waals surface area contributed by atoms with E-state index in [-0.39, 0.29) is 11.7 Å². The van der Waals surface area contributed by atoms with Crippen LogP contribution < -0.4 is 9.64 Å². The smallest absolute Gasteiger partial charge is 0.165 e. The van der Waals surface area contributed by atoms with E-state index in [0.29, 0.717) is 35.8 Å². The molecule has 1 atom stereocenters. The van der Waals surface area contributed by atoms with E-state index in [2.05, 4.69) is 4.98 Å². The molecule has 1 saturated heterocycles. The van der Waals surface area contributed by atoms with Crippen LogP contribution in [0.15, 0.2) is 24.4 Å². The highest BCUT2D eigenvalue weighted by molar-refractivity contribution is 7.91. The van der Waals surface area contributed by atoms with E-state index in [9.17, 15) is 8.60 Å². The lowest BCUT2D eigenvalue weighted by Gasteiger charge is -2.34. The molecule has 1 N–H and O–H groups in total. The second-order valence-electron chi connectivity index (χ2n) is 6.41. The fraction of sp³-hybridized carbons (Fsp3) is 0.471. The van der Waals surface area contributed by atoms with Crippen LogP contribution >= 0.6 is 0 Å². The van der Waals surface area contributed by atoms with Crippen molar-refractivity contribution in [3.8, 4) is 5.75 Å². The van der Waals surface area contributed by atoms with Crippen molar-refractivity contribution in [2.75, 3.05) is 37.1 Å². The van der Waals surface area contributed by atoms with E-state index in [1.54, 1.807) is 7.11 Å². The highest BCUT2D eigenvalue weighted by Crippen LogP contribution is 2.35. The van der Waals surface area contributed by atoms with Crippen LogP contribution in [-0.4, -0.2) is 41.4 Å². The van der Waals surface area contributed by atoms with Crippen LogP contribution in [0, 0.1) is 16.5 Å². The van der Waals surface area contributed by atoms with Crippen LogP contribution in [0.4, 0.5) is 10.1 Å². The molecular weight excluding hydrogens is 329 g/mol. The van der Waals surface area contributed by atoms with Gasteiger partial charge in [0.25, 0.3) is 0 Å². The highest BCUT2D eigenvalue weighted by atomic mass is 32.2. The third kappa shape index (κ3) is 3.45. The Balaban J connectivity index is 1.89. The maximum atomic E-state index is 14.5. The molecule has 2 aromatic rings. The predicted octanol–water partition coefficient (Wildman–Crippen LogP) is 3.28. The summed E-state index contributed by atoms with van der Waals surface area (Å²) >= 11 is 0. The maximum Gasteiger partial charge on any atom is 0.165 e. The quantitative estimate of drug-likeness (QED) is 0.918. The first-order valence-electron chi connectivity index (χ1n) is 7.96. The van der Waals surface area contributed by atoms with Gasteiger partial charge in [-0.05, 0) is 24.8 Å². The van der Waals surface area contributed by atoms with E-state index >= 15 is 0 Å². The Morgan fingerprint density at radius 2 is 2.12 bits per heavy atom. The van der Waals surface area contributed by atoms with Gasteiger partial charge in [0.1, 0.15) is 11.3 Å². The molecule has 1 aromatic heterocycles. The lowest BCUT2D eigenvalue weighted by Crippen LogP contribution is -2.36.